The molecule has 2 bridgehead atoms. The number of methoxy groups -OCH3 is 2. The Morgan fingerprint density at radius 1 is 1.03 bits per heavy atom. The Morgan fingerprint density at radius 3 is 2.58 bits per heavy atom. The van der Waals surface area contributed by atoms with Crippen molar-refractivity contribution in [1.82, 2.24) is 0 Å². The summed E-state index contributed by atoms with van der Waals surface area (Å²) in [7, 11) is 3.05. The van der Waals surface area contributed by atoms with Gasteiger partial charge in [0, 0.05) is 12.0 Å². The second kappa shape index (κ2) is 8.37. The number of rotatable bonds is 6. The monoisotopic (exact) mass is 514 g/mol. The fraction of sp³-hybridized carbons (Fsp3) is 0.375. The number of anilines is 2. The molecule has 33 heavy (non-hydrogen) atoms. The van der Waals surface area contributed by atoms with E-state index in [1.807, 2.05) is 0 Å². The third-order valence-corrected chi connectivity index (χ3v) is 8.11. The molecule has 2 aromatic rings. The van der Waals surface area contributed by atoms with Crippen molar-refractivity contribution in [3.05, 3.63) is 48.0 Å². The molecule has 1 saturated heterocycles. The van der Waals surface area contributed by atoms with Gasteiger partial charge in [0.25, 0.3) is 5.91 Å². The molecule has 2 saturated carbocycles. The van der Waals surface area contributed by atoms with Crippen LogP contribution in [-0.2, 0) is 14.3 Å². The fourth-order valence-corrected chi connectivity index (χ4v) is 6.47. The average Bonchev–Trinajstić information content (AvgIpc) is 3.44. The van der Waals surface area contributed by atoms with Crippen molar-refractivity contribution in [3.63, 3.8) is 0 Å². The SMILES string of the molecule is COc1ccc(NC(=O)c2ccccc2NC(=O)[C@@H]2[C@H]3C[C@H]4[C@H](OC(=O)[C@H]42)[C@@H]3Br)c(OC)c1. The predicted molar refractivity (Wildman–Crippen MR) is 124 cm³/mol. The summed E-state index contributed by atoms with van der Waals surface area (Å²) in [5.41, 5.74) is 1.15. The number of para-hydroxylation sites is 1. The van der Waals surface area contributed by atoms with E-state index in [1.54, 1.807) is 49.6 Å². The van der Waals surface area contributed by atoms with Crippen molar-refractivity contribution in [3.8, 4) is 11.5 Å². The number of nitrogens with one attached hydrogen (secondary N) is 2. The summed E-state index contributed by atoms with van der Waals surface area (Å²) in [6, 6.07) is 11.8. The second-order valence-electron chi connectivity index (χ2n) is 8.52. The van der Waals surface area contributed by atoms with Crippen LogP contribution in [0.5, 0.6) is 11.5 Å². The van der Waals surface area contributed by atoms with Crippen molar-refractivity contribution in [2.24, 2.45) is 23.7 Å². The molecule has 0 aromatic heterocycles. The standard InChI is InChI=1S/C24H23BrN2O6/c1-31-11-7-8-16(17(9-11)32-2)27-22(28)12-5-3-4-6-15(12)26-23(29)18-13-10-14-19(18)24(30)33-21(14)20(13)25/h3-9,13-14,18-21H,10H2,1-2H3,(H,26,29)(H,27,28)/t13-,14-,18-,19-,20-,21+/m1/s1. The minimum Gasteiger partial charge on any atom is -0.497 e. The summed E-state index contributed by atoms with van der Waals surface area (Å²) in [4.78, 5) is 38.7. The zero-order valence-electron chi connectivity index (χ0n) is 18.0. The Morgan fingerprint density at radius 2 is 1.82 bits per heavy atom. The molecule has 8 nitrogen and oxygen atoms in total. The van der Waals surface area contributed by atoms with Crippen LogP contribution >= 0.6 is 15.9 Å². The first-order valence-corrected chi connectivity index (χ1v) is 11.6. The number of fused-ring (bicyclic) bond motifs is 1. The highest BCUT2D eigenvalue weighted by molar-refractivity contribution is 9.09. The van der Waals surface area contributed by atoms with Gasteiger partial charge in [0.1, 0.15) is 17.6 Å². The largest absolute Gasteiger partial charge is 0.497 e. The molecule has 0 radical (unpaired) electrons. The number of hydrogen-bond acceptors (Lipinski definition) is 6. The fourth-order valence-electron chi connectivity index (χ4n) is 5.43. The Hall–Kier alpha value is -3.07. The van der Waals surface area contributed by atoms with E-state index >= 15 is 0 Å². The first-order valence-electron chi connectivity index (χ1n) is 10.7. The van der Waals surface area contributed by atoms with Gasteiger partial charge < -0.3 is 24.8 Å². The number of halogens is 1. The van der Waals surface area contributed by atoms with Gasteiger partial charge >= 0.3 is 5.97 Å². The van der Waals surface area contributed by atoms with E-state index in [2.05, 4.69) is 26.6 Å². The minimum atomic E-state index is -0.483. The number of carbonyl (C=O) groups is 3. The highest BCUT2D eigenvalue weighted by Gasteiger charge is 2.67. The molecule has 3 fully saturated rings. The van der Waals surface area contributed by atoms with Crippen LogP contribution in [0.2, 0.25) is 0 Å². The number of alkyl halides is 1. The summed E-state index contributed by atoms with van der Waals surface area (Å²) >= 11 is 3.63. The summed E-state index contributed by atoms with van der Waals surface area (Å²) in [5, 5.41) is 5.72. The number of ether oxygens (including phenoxy) is 3. The van der Waals surface area contributed by atoms with Gasteiger partial charge in [-0.15, -0.1) is 0 Å². The lowest BCUT2D eigenvalue weighted by Crippen LogP contribution is -2.40. The van der Waals surface area contributed by atoms with E-state index in [0.29, 0.717) is 28.4 Å². The van der Waals surface area contributed by atoms with E-state index in [4.69, 9.17) is 14.2 Å². The summed E-state index contributed by atoms with van der Waals surface area (Å²) in [5.74, 6) is -0.721. The summed E-state index contributed by atoms with van der Waals surface area (Å²) < 4.78 is 16.0. The minimum absolute atomic E-state index is 0.0259. The van der Waals surface area contributed by atoms with E-state index in [1.165, 1.54) is 7.11 Å². The molecular formula is C24H23BrN2O6. The number of esters is 1. The zero-order chi connectivity index (χ0) is 23.3. The van der Waals surface area contributed by atoms with Crippen LogP contribution in [0.15, 0.2) is 42.5 Å². The Bertz CT molecular complexity index is 1140. The second-order valence-corrected chi connectivity index (χ2v) is 9.57. The van der Waals surface area contributed by atoms with Crippen LogP contribution < -0.4 is 20.1 Å². The predicted octanol–water partition coefficient (Wildman–Crippen LogP) is 3.47. The van der Waals surface area contributed by atoms with Gasteiger partial charge in [-0.1, -0.05) is 28.1 Å². The van der Waals surface area contributed by atoms with Gasteiger partial charge in [-0.05, 0) is 36.6 Å². The van der Waals surface area contributed by atoms with Gasteiger partial charge in [0.15, 0.2) is 0 Å². The molecule has 172 valence electrons. The third kappa shape index (κ3) is 3.55. The van der Waals surface area contributed by atoms with Gasteiger partial charge in [-0.2, -0.15) is 0 Å². The lowest BCUT2D eigenvalue weighted by atomic mass is 9.79. The summed E-state index contributed by atoms with van der Waals surface area (Å²) in [6.45, 7) is 0. The quantitative estimate of drug-likeness (QED) is 0.451. The third-order valence-electron chi connectivity index (χ3n) is 6.91. The molecule has 9 heteroatoms. The molecular weight excluding hydrogens is 492 g/mol. The Kier molecular flexibility index (Phi) is 5.52. The molecule has 1 heterocycles. The zero-order valence-corrected chi connectivity index (χ0v) is 19.6. The normalized spacial score (nSPS) is 28.9. The van der Waals surface area contributed by atoms with Crippen LogP contribution in [0.4, 0.5) is 11.4 Å². The lowest BCUT2D eigenvalue weighted by molar-refractivity contribution is -0.145. The van der Waals surface area contributed by atoms with E-state index in [9.17, 15) is 14.4 Å². The maximum atomic E-state index is 13.3. The maximum absolute atomic E-state index is 13.3. The Labute approximate surface area is 199 Å². The van der Waals surface area contributed by atoms with Crippen LogP contribution in [0, 0.1) is 23.7 Å². The number of benzene rings is 2. The first-order chi connectivity index (χ1) is 15.9. The van der Waals surface area contributed by atoms with Crippen molar-refractivity contribution in [2.75, 3.05) is 24.9 Å². The van der Waals surface area contributed by atoms with Crippen molar-refractivity contribution in [1.29, 1.82) is 0 Å². The molecule has 0 spiro atoms. The van der Waals surface area contributed by atoms with Crippen LogP contribution in [0.1, 0.15) is 16.8 Å². The van der Waals surface area contributed by atoms with E-state index < -0.39 is 17.7 Å². The molecule has 0 unspecified atom stereocenters. The molecule has 2 aromatic carbocycles. The van der Waals surface area contributed by atoms with E-state index in [-0.39, 0.29) is 34.6 Å². The molecule has 2 amide bonds. The highest BCUT2D eigenvalue weighted by atomic mass is 79.9. The van der Waals surface area contributed by atoms with Gasteiger partial charge in [-0.3, -0.25) is 14.4 Å². The van der Waals surface area contributed by atoms with Crippen LogP contribution in [0.3, 0.4) is 0 Å². The molecule has 3 aliphatic rings. The van der Waals surface area contributed by atoms with Crippen molar-refractivity contribution in [2.45, 2.75) is 17.4 Å². The Balaban J connectivity index is 1.36. The maximum Gasteiger partial charge on any atom is 0.310 e. The number of carbonyl (C=O) groups excluding carboxylic acids is 3. The number of amides is 2. The smallest absolute Gasteiger partial charge is 0.310 e. The molecule has 1 aliphatic heterocycles. The summed E-state index contributed by atoms with van der Waals surface area (Å²) in [6.07, 6.45) is 0.642. The van der Waals surface area contributed by atoms with Gasteiger partial charge in [0.2, 0.25) is 5.91 Å². The van der Waals surface area contributed by atoms with Crippen LogP contribution in [0.25, 0.3) is 0 Å². The van der Waals surface area contributed by atoms with Gasteiger partial charge in [0.05, 0.1) is 47.8 Å². The molecule has 2 aliphatic carbocycles. The number of hydrogen-bond donors (Lipinski definition) is 2. The first kappa shape index (κ1) is 21.8. The van der Waals surface area contributed by atoms with E-state index in [0.717, 1.165) is 6.42 Å². The van der Waals surface area contributed by atoms with Crippen LogP contribution in [-0.4, -0.2) is 42.9 Å². The van der Waals surface area contributed by atoms with Gasteiger partial charge in [-0.25, -0.2) is 0 Å². The highest BCUT2D eigenvalue weighted by Crippen LogP contribution is 2.60. The van der Waals surface area contributed by atoms with Crippen molar-refractivity contribution >= 4 is 45.1 Å². The topological polar surface area (TPSA) is 103 Å². The average molecular weight is 515 g/mol. The molecule has 2 N–H and O–H groups in total. The molecule has 6 atom stereocenters. The van der Waals surface area contributed by atoms with Crippen molar-refractivity contribution < 1.29 is 28.6 Å². The molecule has 5 rings (SSSR count). The lowest BCUT2D eigenvalue weighted by Gasteiger charge is -2.27.